The summed E-state index contributed by atoms with van der Waals surface area (Å²) in [4.78, 5) is 0. The molecule has 0 radical (unpaired) electrons. The molecule has 4 heteroatoms. The molecule has 1 nitrogen and oxygen atoms in total. The zero-order valence-corrected chi connectivity index (χ0v) is 20.0. The van der Waals surface area contributed by atoms with Gasteiger partial charge in [0.15, 0.2) is 11.6 Å². The third kappa shape index (κ3) is 5.38. The fraction of sp³-hybridized carbons (Fsp3) is 0.400. The van der Waals surface area contributed by atoms with Gasteiger partial charge in [0.1, 0.15) is 5.82 Å². The van der Waals surface area contributed by atoms with E-state index in [2.05, 4.69) is 6.92 Å². The Morgan fingerprint density at radius 1 is 0.794 bits per heavy atom. The summed E-state index contributed by atoms with van der Waals surface area (Å²) in [5, 5.41) is 0. The number of halogens is 3. The zero-order valence-electron chi connectivity index (χ0n) is 20.0. The second-order valence-corrected chi connectivity index (χ2v) is 9.30. The van der Waals surface area contributed by atoms with Gasteiger partial charge in [-0.25, -0.2) is 13.2 Å². The maximum Gasteiger partial charge on any atom is 0.166 e. The molecule has 1 aliphatic rings. The predicted octanol–water partition coefficient (Wildman–Crippen LogP) is 8.84. The monoisotopic (exact) mass is 466 g/mol. The van der Waals surface area contributed by atoms with Crippen LogP contribution >= 0.6 is 0 Å². The van der Waals surface area contributed by atoms with Gasteiger partial charge < -0.3 is 4.74 Å². The minimum Gasteiger partial charge on any atom is -0.378 e. The third-order valence-electron chi connectivity index (χ3n) is 7.01. The van der Waals surface area contributed by atoms with E-state index in [0.717, 1.165) is 24.8 Å². The molecular formula is C30H33F3O. The summed E-state index contributed by atoms with van der Waals surface area (Å²) in [6, 6.07) is 15.5. The number of ether oxygens (including phenoxy) is 1. The van der Waals surface area contributed by atoms with E-state index in [4.69, 9.17) is 4.74 Å². The molecule has 1 aliphatic heterocycles. The van der Waals surface area contributed by atoms with Gasteiger partial charge in [-0.05, 0) is 54.0 Å². The van der Waals surface area contributed by atoms with Crippen molar-refractivity contribution in [2.75, 3.05) is 6.61 Å². The lowest BCUT2D eigenvalue weighted by Crippen LogP contribution is -2.24. The number of hydrogen-bond acceptors (Lipinski definition) is 1. The summed E-state index contributed by atoms with van der Waals surface area (Å²) in [5.74, 6) is -1.70. The topological polar surface area (TPSA) is 9.23 Å². The highest BCUT2D eigenvalue weighted by Crippen LogP contribution is 2.34. The molecule has 1 heterocycles. The normalized spacial score (nSPS) is 18.3. The summed E-state index contributed by atoms with van der Waals surface area (Å²) >= 11 is 0. The average Bonchev–Trinajstić information content (AvgIpc) is 2.86. The van der Waals surface area contributed by atoms with Gasteiger partial charge >= 0.3 is 0 Å². The molecule has 3 aromatic carbocycles. The van der Waals surface area contributed by atoms with E-state index in [1.54, 1.807) is 49.4 Å². The first kappa shape index (κ1) is 24.5. The van der Waals surface area contributed by atoms with Gasteiger partial charge in [0.05, 0.1) is 12.7 Å². The third-order valence-corrected chi connectivity index (χ3v) is 7.01. The smallest absolute Gasteiger partial charge is 0.166 e. The van der Waals surface area contributed by atoms with Crippen molar-refractivity contribution in [1.82, 2.24) is 0 Å². The number of aryl methyl sites for hydroxylation is 1. The summed E-state index contributed by atoms with van der Waals surface area (Å²) in [5.41, 5.74) is 3.30. The molecule has 0 spiro atoms. The van der Waals surface area contributed by atoms with Crippen molar-refractivity contribution in [3.05, 3.63) is 83.2 Å². The van der Waals surface area contributed by atoms with Gasteiger partial charge in [-0.3, -0.25) is 0 Å². The molecule has 180 valence electrons. The van der Waals surface area contributed by atoms with Crippen LogP contribution in [0.2, 0.25) is 0 Å². The maximum absolute atomic E-state index is 15.0. The molecule has 34 heavy (non-hydrogen) atoms. The van der Waals surface area contributed by atoms with Gasteiger partial charge in [0.25, 0.3) is 0 Å². The SMILES string of the molecule is CCCCCC1CCC(c2ccc(-c3ccc(-c4ccc(CC)c(F)c4F)cc3)c(F)c2)CO1. The van der Waals surface area contributed by atoms with Crippen LogP contribution in [0, 0.1) is 17.5 Å². The zero-order chi connectivity index (χ0) is 24.1. The predicted molar refractivity (Wildman–Crippen MR) is 132 cm³/mol. The van der Waals surface area contributed by atoms with Crippen molar-refractivity contribution in [2.45, 2.75) is 70.8 Å². The fourth-order valence-corrected chi connectivity index (χ4v) is 4.85. The van der Waals surface area contributed by atoms with Gasteiger partial charge in [0.2, 0.25) is 0 Å². The first-order chi connectivity index (χ1) is 16.5. The number of hydrogen-bond donors (Lipinski definition) is 0. The molecular weight excluding hydrogens is 433 g/mol. The summed E-state index contributed by atoms with van der Waals surface area (Å²) < 4.78 is 49.8. The lowest BCUT2D eigenvalue weighted by Gasteiger charge is -2.29. The van der Waals surface area contributed by atoms with Crippen molar-refractivity contribution >= 4 is 0 Å². The highest BCUT2D eigenvalue weighted by atomic mass is 19.2. The van der Waals surface area contributed by atoms with E-state index >= 15 is 4.39 Å². The standard InChI is InChI=1S/C30H33F3O/c1-3-5-6-7-25-15-12-24(19-34-25)23-14-16-26(28(31)18-23)21-8-10-22(11-9-21)27-17-13-20(4-2)29(32)30(27)33/h8-11,13-14,16-18,24-25H,3-7,12,15,19H2,1-2H3. The molecule has 0 N–H and O–H groups in total. The van der Waals surface area contributed by atoms with Crippen LogP contribution in [0.5, 0.6) is 0 Å². The number of unbranched alkanes of at least 4 members (excludes halogenated alkanes) is 2. The Labute approximate surface area is 201 Å². The van der Waals surface area contributed by atoms with Crippen molar-refractivity contribution in [3.8, 4) is 22.3 Å². The van der Waals surface area contributed by atoms with E-state index < -0.39 is 11.6 Å². The minimum atomic E-state index is -0.843. The van der Waals surface area contributed by atoms with Crippen LogP contribution in [0.15, 0.2) is 54.6 Å². The van der Waals surface area contributed by atoms with Crippen molar-refractivity contribution < 1.29 is 17.9 Å². The first-order valence-electron chi connectivity index (χ1n) is 12.5. The average molecular weight is 467 g/mol. The second-order valence-electron chi connectivity index (χ2n) is 9.30. The van der Waals surface area contributed by atoms with Crippen LogP contribution in [0.3, 0.4) is 0 Å². The lowest BCUT2D eigenvalue weighted by atomic mass is 9.89. The minimum absolute atomic E-state index is 0.211. The van der Waals surface area contributed by atoms with Crippen LogP contribution in [0.25, 0.3) is 22.3 Å². The maximum atomic E-state index is 15.0. The van der Waals surface area contributed by atoms with Crippen molar-refractivity contribution in [2.24, 2.45) is 0 Å². The van der Waals surface area contributed by atoms with Crippen molar-refractivity contribution in [1.29, 1.82) is 0 Å². The van der Waals surface area contributed by atoms with Crippen LogP contribution in [0.1, 0.15) is 69.4 Å². The Morgan fingerprint density at radius 3 is 2.12 bits per heavy atom. The van der Waals surface area contributed by atoms with E-state index in [1.165, 1.54) is 19.3 Å². The molecule has 0 bridgehead atoms. The van der Waals surface area contributed by atoms with Gasteiger partial charge in [-0.1, -0.05) is 81.6 Å². The van der Waals surface area contributed by atoms with Gasteiger partial charge in [-0.2, -0.15) is 0 Å². The molecule has 0 aliphatic carbocycles. The van der Waals surface area contributed by atoms with Crippen LogP contribution in [-0.2, 0) is 11.2 Å². The molecule has 1 saturated heterocycles. The second kappa shape index (κ2) is 11.2. The molecule has 1 fully saturated rings. The first-order valence-corrected chi connectivity index (χ1v) is 12.5. The molecule has 2 atom stereocenters. The highest BCUT2D eigenvalue weighted by Gasteiger charge is 2.23. The van der Waals surface area contributed by atoms with Crippen molar-refractivity contribution in [3.63, 3.8) is 0 Å². The molecule has 0 amide bonds. The number of benzene rings is 3. The van der Waals surface area contributed by atoms with E-state index in [1.807, 2.05) is 12.1 Å². The quantitative estimate of drug-likeness (QED) is 0.301. The van der Waals surface area contributed by atoms with Crippen LogP contribution in [0.4, 0.5) is 13.2 Å². The molecule has 4 rings (SSSR count). The summed E-state index contributed by atoms with van der Waals surface area (Å²) in [6.07, 6.45) is 7.59. The van der Waals surface area contributed by atoms with Crippen LogP contribution in [-0.4, -0.2) is 12.7 Å². The Hall–Kier alpha value is -2.59. The largest absolute Gasteiger partial charge is 0.378 e. The van der Waals surface area contributed by atoms with E-state index in [0.29, 0.717) is 41.4 Å². The Balaban J connectivity index is 1.45. The van der Waals surface area contributed by atoms with E-state index in [9.17, 15) is 8.78 Å². The van der Waals surface area contributed by atoms with Gasteiger partial charge in [0, 0.05) is 17.0 Å². The Morgan fingerprint density at radius 2 is 1.50 bits per heavy atom. The van der Waals surface area contributed by atoms with E-state index in [-0.39, 0.29) is 17.3 Å². The molecule has 0 aromatic heterocycles. The summed E-state index contributed by atoms with van der Waals surface area (Å²) in [7, 11) is 0. The van der Waals surface area contributed by atoms with Crippen LogP contribution < -0.4 is 0 Å². The highest BCUT2D eigenvalue weighted by molar-refractivity contribution is 5.71. The Bertz CT molecular complexity index is 1100. The molecule has 0 saturated carbocycles. The Kier molecular flexibility index (Phi) is 8.10. The lowest BCUT2D eigenvalue weighted by molar-refractivity contribution is -0.00211. The fourth-order valence-electron chi connectivity index (χ4n) is 4.85. The number of rotatable bonds is 8. The summed E-state index contributed by atoms with van der Waals surface area (Å²) in [6.45, 7) is 4.64. The van der Waals surface area contributed by atoms with Gasteiger partial charge in [-0.15, -0.1) is 0 Å². The molecule has 3 aromatic rings. The molecule has 2 unspecified atom stereocenters.